The second-order valence-electron chi connectivity index (χ2n) is 6.61. The van der Waals surface area contributed by atoms with E-state index < -0.39 is 0 Å². The van der Waals surface area contributed by atoms with Crippen LogP contribution in [0.5, 0.6) is 0 Å². The highest BCUT2D eigenvalue weighted by Gasteiger charge is 2.12. The van der Waals surface area contributed by atoms with Crippen molar-refractivity contribution in [2.75, 3.05) is 46.2 Å². The van der Waals surface area contributed by atoms with Gasteiger partial charge in [-0.3, -0.25) is 4.79 Å². The first kappa shape index (κ1) is 18.8. The third-order valence-corrected chi connectivity index (χ3v) is 5.27. The number of benzene rings is 1. The van der Waals surface area contributed by atoms with Crippen molar-refractivity contribution in [3.63, 3.8) is 0 Å². The topological polar surface area (TPSA) is 54.5 Å². The lowest BCUT2D eigenvalue weighted by Gasteiger charge is -2.13. The van der Waals surface area contributed by atoms with Crippen molar-refractivity contribution in [3.05, 3.63) is 35.2 Å². The van der Waals surface area contributed by atoms with E-state index in [-0.39, 0.29) is 5.78 Å². The molecule has 5 nitrogen and oxygen atoms in total. The van der Waals surface area contributed by atoms with Gasteiger partial charge in [-0.05, 0) is 38.0 Å². The monoisotopic (exact) mass is 371 g/mol. The van der Waals surface area contributed by atoms with Gasteiger partial charge in [-0.25, -0.2) is 4.98 Å². The summed E-state index contributed by atoms with van der Waals surface area (Å²) in [6, 6.07) is 7.96. The number of rotatable bonds is 9. The van der Waals surface area contributed by atoms with Crippen LogP contribution in [0.2, 0.25) is 0 Å². The van der Waals surface area contributed by atoms with E-state index >= 15 is 0 Å². The van der Waals surface area contributed by atoms with Gasteiger partial charge >= 0.3 is 0 Å². The van der Waals surface area contributed by atoms with Crippen molar-refractivity contribution in [3.8, 4) is 0 Å². The minimum atomic E-state index is 0.138. The van der Waals surface area contributed by atoms with Crippen LogP contribution in [-0.4, -0.2) is 56.6 Å². The molecule has 0 bridgehead atoms. The van der Waals surface area contributed by atoms with E-state index in [4.69, 9.17) is 9.72 Å². The summed E-state index contributed by atoms with van der Waals surface area (Å²) in [6.45, 7) is 2.36. The SMILES string of the molecule is COCCCC(=O)c1ccc2c(c1)nc(NCCN(C)C)c1ccsc12. The van der Waals surface area contributed by atoms with E-state index in [1.54, 1.807) is 18.4 Å². The van der Waals surface area contributed by atoms with Crippen LogP contribution in [0.3, 0.4) is 0 Å². The number of carbonyl (C=O) groups is 1. The zero-order valence-electron chi connectivity index (χ0n) is 15.5. The summed E-state index contributed by atoms with van der Waals surface area (Å²) in [5, 5.41) is 7.77. The maximum Gasteiger partial charge on any atom is 0.163 e. The predicted molar refractivity (Wildman–Crippen MR) is 110 cm³/mol. The van der Waals surface area contributed by atoms with Crippen LogP contribution in [0.1, 0.15) is 23.2 Å². The summed E-state index contributed by atoms with van der Waals surface area (Å²) in [5.74, 6) is 1.03. The number of hydrogen-bond donors (Lipinski definition) is 1. The van der Waals surface area contributed by atoms with Gasteiger partial charge in [-0.1, -0.05) is 12.1 Å². The van der Waals surface area contributed by atoms with Gasteiger partial charge < -0.3 is 15.0 Å². The Morgan fingerprint density at radius 1 is 1.27 bits per heavy atom. The van der Waals surface area contributed by atoms with E-state index in [0.29, 0.717) is 13.0 Å². The summed E-state index contributed by atoms with van der Waals surface area (Å²) in [4.78, 5) is 19.4. The van der Waals surface area contributed by atoms with Crippen molar-refractivity contribution < 1.29 is 9.53 Å². The fourth-order valence-corrected chi connectivity index (χ4v) is 3.86. The molecule has 3 rings (SSSR count). The Morgan fingerprint density at radius 3 is 2.88 bits per heavy atom. The molecule has 138 valence electrons. The van der Waals surface area contributed by atoms with Crippen LogP contribution in [0.15, 0.2) is 29.6 Å². The molecule has 0 radical (unpaired) electrons. The summed E-state index contributed by atoms with van der Waals surface area (Å²) >= 11 is 1.71. The number of pyridine rings is 1. The molecule has 3 aromatic rings. The van der Waals surface area contributed by atoms with E-state index in [9.17, 15) is 4.79 Å². The lowest BCUT2D eigenvalue weighted by atomic mass is 10.0. The summed E-state index contributed by atoms with van der Waals surface area (Å²) in [6.07, 6.45) is 1.23. The molecular formula is C20H25N3O2S. The van der Waals surface area contributed by atoms with Gasteiger partial charge in [0.05, 0.1) is 5.52 Å². The number of methoxy groups -OCH3 is 1. The van der Waals surface area contributed by atoms with Gasteiger partial charge in [0.2, 0.25) is 0 Å². The number of nitrogens with one attached hydrogen (secondary N) is 1. The number of ether oxygens (including phenoxy) is 1. The third-order valence-electron chi connectivity index (χ3n) is 4.32. The summed E-state index contributed by atoms with van der Waals surface area (Å²) in [7, 11) is 5.76. The Balaban J connectivity index is 1.92. The molecule has 2 heterocycles. The van der Waals surface area contributed by atoms with Crippen LogP contribution in [-0.2, 0) is 4.74 Å². The molecule has 0 spiro atoms. The van der Waals surface area contributed by atoms with E-state index in [0.717, 1.165) is 47.2 Å². The highest BCUT2D eigenvalue weighted by Crippen LogP contribution is 2.33. The van der Waals surface area contributed by atoms with Gasteiger partial charge in [0, 0.05) is 54.3 Å². The standard InChI is InChI=1S/C20H25N3O2S/c1-23(2)10-9-21-20-16-8-12-26-19(16)15-7-6-14(13-17(15)22-20)18(24)5-4-11-25-3/h6-8,12-13H,4-5,9-11H2,1-3H3,(H,21,22). The first-order chi connectivity index (χ1) is 12.6. The summed E-state index contributed by atoms with van der Waals surface area (Å²) in [5.41, 5.74) is 1.58. The molecule has 1 N–H and O–H groups in total. The first-order valence-corrected chi connectivity index (χ1v) is 9.70. The van der Waals surface area contributed by atoms with E-state index in [1.807, 2.05) is 18.2 Å². The number of aromatic nitrogens is 1. The van der Waals surface area contributed by atoms with Crippen LogP contribution in [0, 0.1) is 0 Å². The molecule has 0 aliphatic heterocycles. The second kappa shape index (κ2) is 8.58. The number of anilines is 1. The Morgan fingerprint density at radius 2 is 2.12 bits per heavy atom. The van der Waals surface area contributed by atoms with Crippen LogP contribution in [0.4, 0.5) is 5.82 Å². The van der Waals surface area contributed by atoms with Crippen LogP contribution >= 0.6 is 11.3 Å². The number of likely N-dealkylation sites (N-methyl/N-ethyl adjacent to an activating group) is 1. The number of ketones is 1. The van der Waals surface area contributed by atoms with Crippen molar-refractivity contribution >= 4 is 43.9 Å². The minimum Gasteiger partial charge on any atom is -0.385 e. The van der Waals surface area contributed by atoms with E-state index in [2.05, 4.69) is 35.8 Å². The largest absolute Gasteiger partial charge is 0.385 e. The number of fused-ring (bicyclic) bond motifs is 3. The fraction of sp³-hybridized carbons (Fsp3) is 0.400. The fourth-order valence-electron chi connectivity index (χ4n) is 2.93. The Kier molecular flexibility index (Phi) is 6.19. The lowest BCUT2D eigenvalue weighted by molar-refractivity contribution is 0.0963. The first-order valence-electron chi connectivity index (χ1n) is 8.82. The molecule has 0 saturated carbocycles. The Bertz CT molecular complexity index is 905. The molecule has 0 aliphatic rings. The quantitative estimate of drug-likeness (QED) is 0.455. The maximum absolute atomic E-state index is 12.4. The zero-order valence-corrected chi connectivity index (χ0v) is 16.4. The van der Waals surface area contributed by atoms with Gasteiger partial charge in [0.1, 0.15) is 5.82 Å². The zero-order chi connectivity index (χ0) is 18.5. The number of thiophene rings is 1. The molecule has 1 aromatic carbocycles. The van der Waals surface area contributed by atoms with Crippen LogP contribution in [0.25, 0.3) is 21.0 Å². The number of carbonyl (C=O) groups excluding carboxylic acids is 1. The molecule has 0 unspecified atom stereocenters. The highest BCUT2D eigenvalue weighted by atomic mass is 32.1. The molecule has 6 heteroatoms. The number of Topliss-reactive ketones (excluding diaryl/α,β-unsaturated/α-hetero) is 1. The molecule has 0 atom stereocenters. The van der Waals surface area contributed by atoms with Crippen molar-refractivity contribution in [1.82, 2.24) is 9.88 Å². The van der Waals surface area contributed by atoms with Gasteiger partial charge in [-0.15, -0.1) is 11.3 Å². The normalized spacial score (nSPS) is 11.5. The van der Waals surface area contributed by atoms with E-state index in [1.165, 1.54) is 4.70 Å². The van der Waals surface area contributed by atoms with Crippen molar-refractivity contribution in [1.29, 1.82) is 0 Å². The smallest absolute Gasteiger partial charge is 0.163 e. The van der Waals surface area contributed by atoms with Crippen molar-refractivity contribution in [2.45, 2.75) is 12.8 Å². The molecule has 2 aromatic heterocycles. The van der Waals surface area contributed by atoms with Gasteiger partial charge in [-0.2, -0.15) is 0 Å². The average molecular weight is 372 g/mol. The number of nitrogens with zero attached hydrogens (tertiary/aromatic N) is 2. The van der Waals surface area contributed by atoms with Crippen LogP contribution < -0.4 is 5.32 Å². The highest BCUT2D eigenvalue weighted by molar-refractivity contribution is 7.18. The third kappa shape index (κ3) is 4.20. The molecular weight excluding hydrogens is 346 g/mol. The minimum absolute atomic E-state index is 0.138. The average Bonchev–Trinajstić information content (AvgIpc) is 3.11. The van der Waals surface area contributed by atoms with Gasteiger partial charge in [0.25, 0.3) is 0 Å². The molecule has 26 heavy (non-hydrogen) atoms. The number of hydrogen-bond acceptors (Lipinski definition) is 6. The molecule has 0 fully saturated rings. The lowest BCUT2D eigenvalue weighted by Crippen LogP contribution is -2.21. The predicted octanol–water partition coefficient (Wildman–Crippen LogP) is 4.03. The van der Waals surface area contributed by atoms with Gasteiger partial charge in [0.15, 0.2) is 5.78 Å². The maximum atomic E-state index is 12.4. The Labute approximate surface area is 158 Å². The summed E-state index contributed by atoms with van der Waals surface area (Å²) < 4.78 is 6.24. The second-order valence-corrected chi connectivity index (χ2v) is 7.52. The molecule has 0 aliphatic carbocycles. The Hall–Kier alpha value is -2.02. The van der Waals surface area contributed by atoms with Crippen molar-refractivity contribution in [2.24, 2.45) is 0 Å². The molecule has 0 saturated heterocycles. The molecule has 0 amide bonds.